The van der Waals surface area contributed by atoms with Gasteiger partial charge in [0.1, 0.15) is 5.76 Å². The molecule has 6 nitrogen and oxygen atoms in total. The average molecular weight is 312 g/mol. The third kappa shape index (κ3) is 7.12. The molecule has 0 saturated heterocycles. The SMILES string of the molecule is CC(=O)OC(=CC(=O)O)CC(=O)NCc1ccc(Cl)cc1. The largest absolute Gasteiger partial charge is 0.478 e. The summed E-state index contributed by atoms with van der Waals surface area (Å²) in [5.74, 6) is -2.66. The number of carbonyl (C=O) groups excluding carboxylic acids is 2. The van der Waals surface area contributed by atoms with Gasteiger partial charge >= 0.3 is 11.9 Å². The minimum Gasteiger partial charge on any atom is -0.478 e. The van der Waals surface area contributed by atoms with Gasteiger partial charge in [-0.2, -0.15) is 0 Å². The molecule has 0 fully saturated rings. The van der Waals surface area contributed by atoms with Crippen LogP contribution in [0.5, 0.6) is 0 Å². The molecule has 0 aliphatic heterocycles. The van der Waals surface area contributed by atoms with E-state index >= 15 is 0 Å². The van der Waals surface area contributed by atoms with Gasteiger partial charge in [0.05, 0.1) is 12.5 Å². The smallest absolute Gasteiger partial charge is 0.331 e. The Bertz CT molecular complexity index is 565. The lowest BCUT2D eigenvalue weighted by atomic mass is 10.2. The number of ether oxygens (including phenoxy) is 1. The second-order valence-electron chi connectivity index (χ2n) is 4.12. The highest BCUT2D eigenvalue weighted by Crippen LogP contribution is 2.09. The second-order valence-corrected chi connectivity index (χ2v) is 4.56. The number of carboxylic acids is 1. The molecular weight excluding hydrogens is 298 g/mol. The third-order valence-corrected chi connectivity index (χ3v) is 2.55. The van der Waals surface area contributed by atoms with E-state index in [9.17, 15) is 14.4 Å². The van der Waals surface area contributed by atoms with Gasteiger partial charge in [-0.1, -0.05) is 23.7 Å². The summed E-state index contributed by atoms with van der Waals surface area (Å²) in [6.07, 6.45) is 0.350. The molecule has 0 bridgehead atoms. The van der Waals surface area contributed by atoms with Crippen molar-refractivity contribution in [2.45, 2.75) is 19.9 Å². The normalized spacial score (nSPS) is 10.9. The van der Waals surface area contributed by atoms with E-state index in [-0.39, 0.29) is 18.7 Å². The Kier molecular flexibility index (Phi) is 6.42. The van der Waals surface area contributed by atoms with Gasteiger partial charge in [0, 0.05) is 18.5 Å². The number of nitrogens with one attached hydrogen (secondary N) is 1. The van der Waals surface area contributed by atoms with Gasteiger partial charge in [-0.3, -0.25) is 9.59 Å². The zero-order chi connectivity index (χ0) is 15.8. The number of carboxylic acid groups (broad SMARTS) is 1. The van der Waals surface area contributed by atoms with E-state index in [0.717, 1.165) is 12.5 Å². The average Bonchev–Trinajstić information content (AvgIpc) is 2.36. The molecule has 0 spiro atoms. The van der Waals surface area contributed by atoms with Crippen LogP contribution in [0, 0.1) is 0 Å². The molecule has 0 aliphatic carbocycles. The van der Waals surface area contributed by atoms with Crippen molar-refractivity contribution < 1.29 is 24.2 Å². The Hall–Kier alpha value is -2.34. The molecule has 1 aromatic rings. The van der Waals surface area contributed by atoms with Gasteiger partial charge in [0.25, 0.3) is 0 Å². The predicted molar refractivity (Wildman–Crippen MR) is 75.4 cm³/mol. The molecule has 21 heavy (non-hydrogen) atoms. The maximum absolute atomic E-state index is 11.7. The quantitative estimate of drug-likeness (QED) is 0.475. The summed E-state index contributed by atoms with van der Waals surface area (Å²) >= 11 is 5.74. The number of carbonyl (C=O) groups is 3. The van der Waals surface area contributed by atoms with Crippen molar-refractivity contribution in [3.63, 3.8) is 0 Å². The minimum absolute atomic E-state index is 0.219. The number of hydrogen-bond donors (Lipinski definition) is 2. The van der Waals surface area contributed by atoms with Crippen LogP contribution in [0.25, 0.3) is 0 Å². The van der Waals surface area contributed by atoms with Gasteiger partial charge in [0.2, 0.25) is 5.91 Å². The number of rotatable bonds is 6. The van der Waals surface area contributed by atoms with Gasteiger partial charge in [-0.15, -0.1) is 0 Å². The van der Waals surface area contributed by atoms with Gasteiger partial charge in [0.15, 0.2) is 0 Å². The van der Waals surface area contributed by atoms with Crippen molar-refractivity contribution in [2.24, 2.45) is 0 Å². The Morgan fingerprint density at radius 3 is 2.43 bits per heavy atom. The molecule has 1 aromatic carbocycles. The Balaban J connectivity index is 2.55. The first kappa shape index (κ1) is 16.7. The third-order valence-electron chi connectivity index (χ3n) is 2.30. The molecule has 0 unspecified atom stereocenters. The lowest BCUT2D eigenvalue weighted by Gasteiger charge is -2.08. The molecule has 1 amide bonds. The zero-order valence-electron chi connectivity index (χ0n) is 11.3. The predicted octanol–water partition coefficient (Wildman–Crippen LogP) is 1.88. The number of amides is 1. The van der Waals surface area contributed by atoms with Crippen LogP contribution in [0.3, 0.4) is 0 Å². The summed E-state index contributed by atoms with van der Waals surface area (Å²) in [6, 6.07) is 6.89. The van der Waals surface area contributed by atoms with Crippen molar-refractivity contribution in [1.82, 2.24) is 5.32 Å². The van der Waals surface area contributed by atoms with E-state index in [1.54, 1.807) is 24.3 Å². The number of halogens is 1. The van der Waals surface area contributed by atoms with E-state index in [0.29, 0.717) is 11.1 Å². The highest BCUT2D eigenvalue weighted by Gasteiger charge is 2.11. The van der Waals surface area contributed by atoms with Gasteiger partial charge < -0.3 is 15.2 Å². The van der Waals surface area contributed by atoms with Crippen LogP contribution in [0.4, 0.5) is 0 Å². The Morgan fingerprint density at radius 1 is 1.29 bits per heavy atom. The summed E-state index contributed by atoms with van der Waals surface area (Å²) in [7, 11) is 0. The number of esters is 1. The Labute approximate surface area is 126 Å². The minimum atomic E-state index is -1.29. The molecule has 0 saturated carbocycles. The van der Waals surface area contributed by atoms with Crippen LogP contribution >= 0.6 is 11.6 Å². The Morgan fingerprint density at radius 2 is 1.90 bits per heavy atom. The second kappa shape index (κ2) is 8.06. The lowest BCUT2D eigenvalue weighted by molar-refractivity contribution is -0.137. The van der Waals surface area contributed by atoms with E-state index in [1.165, 1.54) is 0 Å². The molecule has 0 atom stereocenters. The maximum atomic E-state index is 11.7. The first-order valence-electron chi connectivity index (χ1n) is 6.00. The lowest BCUT2D eigenvalue weighted by Crippen LogP contribution is -2.24. The van der Waals surface area contributed by atoms with Crippen LogP contribution in [0.1, 0.15) is 18.9 Å². The van der Waals surface area contributed by atoms with Crippen molar-refractivity contribution in [3.8, 4) is 0 Å². The van der Waals surface area contributed by atoms with Gasteiger partial charge in [-0.05, 0) is 17.7 Å². The zero-order valence-corrected chi connectivity index (χ0v) is 12.0. The van der Waals surface area contributed by atoms with E-state index in [2.05, 4.69) is 10.1 Å². The molecule has 112 valence electrons. The molecule has 0 aromatic heterocycles. The maximum Gasteiger partial charge on any atom is 0.331 e. The van der Waals surface area contributed by atoms with Crippen LogP contribution in [0.15, 0.2) is 36.1 Å². The van der Waals surface area contributed by atoms with Crippen LogP contribution in [-0.4, -0.2) is 23.0 Å². The molecule has 2 N–H and O–H groups in total. The summed E-state index contributed by atoms with van der Waals surface area (Å²) < 4.78 is 4.66. The van der Waals surface area contributed by atoms with Crippen molar-refractivity contribution in [2.75, 3.05) is 0 Å². The summed E-state index contributed by atoms with van der Waals surface area (Å²) in [5, 5.41) is 11.8. The standard InChI is InChI=1S/C14H14ClNO5/c1-9(17)21-12(7-14(19)20)6-13(18)16-8-10-2-4-11(15)5-3-10/h2-5,7H,6,8H2,1H3,(H,16,18)(H,19,20). The summed E-state index contributed by atoms with van der Waals surface area (Å²) in [6.45, 7) is 1.39. The van der Waals surface area contributed by atoms with E-state index in [4.69, 9.17) is 16.7 Å². The fourth-order valence-electron chi connectivity index (χ4n) is 1.46. The summed E-state index contributed by atoms with van der Waals surface area (Å²) in [4.78, 5) is 33.1. The number of hydrogen-bond acceptors (Lipinski definition) is 4. The monoisotopic (exact) mass is 311 g/mol. The molecule has 0 radical (unpaired) electrons. The molecule has 0 heterocycles. The van der Waals surface area contributed by atoms with Gasteiger partial charge in [-0.25, -0.2) is 4.79 Å². The van der Waals surface area contributed by atoms with E-state index in [1.807, 2.05) is 0 Å². The fraction of sp³-hybridized carbons (Fsp3) is 0.214. The molecular formula is C14H14ClNO5. The molecule has 0 aliphatic rings. The van der Waals surface area contributed by atoms with Crippen molar-refractivity contribution in [1.29, 1.82) is 0 Å². The van der Waals surface area contributed by atoms with Crippen LogP contribution < -0.4 is 5.32 Å². The molecule has 1 rings (SSSR count). The summed E-state index contributed by atoms with van der Waals surface area (Å²) in [5.41, 5.74) is 0.837. The van der Waals surface area contributed by atoms with E-state index < -0.39 is 17.8 Å². The number of aliphatic carboxylic acids is 1. The first-order chi connectivity index (χ1) is 9.86. The molecule has 7 heteroatoms. The van der Waals surface area contributed by atoms with Crippen molar-refractivity contribution in [3.05, 3.63) is 46.7 Å². The topological polar surface area (TPSA) is 92.7 Å². The number of benzene rings is 1. The fourth-order valence-corrected chi connectivity index (χ4v) is 1.59. The first-order valence-corrected chi connectivity index (χ1v) is 6.37. The highest BCUT2D eigenvalue weighted by molar-refractivity contribution is 6.30. The highest BCUT2D eigenvalue weighted by atomic mass is 35.5. The van der Waals surface area contributed by atoms with Crippen LogP contribution in [-0.2, 0) is 25.7 Å². The van der Waals surface area contributed by atoms with Crippen molar-refractivity contribution >= 4 is 29.4 Å². The van der Waals surface area contributed by atoms with Crippen LogP contribution in [0.2, 0.25) is 5.02 Å².